The second kappa shape index (κ2) is 8.03. The quantitative estimate of drug-likeness (QED) is 0.426. The van der Waals surface area contributed by atoms with Crippen LogP contribution in [0.25, 0.3) is 23.0 Å². The Kier molecular flexibility index (Phi) is 5.41. The second-order valence-electron chi connectivity index (χ2n) is 7.12. The lowest BCUT2D eigenvalue weighted by molar-refractivity contribution is 0.0600. The number of methoxy groups -OCH3 is 2. The molecule has 1 aromatic carbocycles. The van der Waals surface area contributed by atoms with Crippen LogP contribution in [0, 0.1) is 6.92 Å². The predicted molar refractivity (Wildman–Crippen MR) is 115 cm³/mol. The molecule has 0 amide bonds. The van der Waals surface area contributed by atoms with Crippen LogP contribution < -0.4 is 4.74 Å². The maximum absolute atomic E-state index is 11.8. The predicted octanol–water partition coefficient (Wildman–Crippen LogP) is 4.50. The molecule has 4 rings (SSSR count). The third-order valence-corrected chi connectivity index (χ3v) is 5.99. The van der Waals surface area contributed by atoms with Crippen LogP contribution in [0.2, 0.25) is 0 Å². The summed E-state index contributed by atoms with van der Waals surface area (Å²) in [4.78, 5) is 20.0. The van der Waals surface area contributed by atoms with E-state index < -0.39 is 11.0 Å². The van der Waals surface area contributed by atoms with Crippen molar-refractivity contribution in [1.82, 2.24) is 19.7 Å². The normalized spacial score (nSPS) is 18.0. The highest BCUT2D eigenvalue weighted by Crippen LogP contribution is 2.40. The number of carbonyl (C=O) groups is 1. The summed E-state index contributed by atoms with van der Waals surface area (Å²) in [6, 6.07) is 4.87. The molecule has 0 N–H and O–H groups in total. The van der Waals surface area contributed by atoms with E-state index >= 15 is 0 Å². The van der Waals surface area contributed by atoms with Crippen LogP contribution in [0.3, 0.4) is 0 Å². The molecule has 8 nitrogen and oxygen atoms in total. The molecule has 0 aliphatic heterocycles. The lowest BCUT2D eigenvalue weighted by atomic mass is 9.99. The van der Waals surface area contributed by atoms with Gasteiger partial charge in [0.15, 0.2) is 0 Å². The Bertz CT molecular complexity index is 1210. The Hall–Kier alpha value is -3.39. The summed E-state index contributed by atoms with van der Waals surface area (Å²) in [6.45, 7) is 3.90. The van der Waals surface area contributed by atoms with Crippen molar-refractivity contribution < 1.29 is 18.8 Å². The highest BCUT2D eigenvalue weighted by atomic mass is 35.5. The summed E-state index contributed by atoms with van der Waals surface area (Å²) in [7, 11) is 2.82. The zero-order valence-electron chi connectivity index (χ0n) is 17.5. The lowest BCUT2D eigenvalue weighted by Crippen LogP contribution is -2.29. The smallest absolute Gasteiger partial charge is 0.337 e. The van der Waals surface area contributed by atoms with Crippen molar-refractivity contribution in [2.75, 3.05) is 14.2 Å². The molecule has 31 heavy (non-hydrogen) atoms. The van der Waals surface area contributed by atoms with Gasteiger partial charge in [0, 0.05) is 12.1 Å². The topological polar surface area (TPSA) is 92.3 Å². The van der Waals surface area contributed by atoms with Gasteiger partial charge in [0.2, 0.25) is 5.82 Å². The fraction of sp³-hybridized carbons (Fsp3) is 0.273. The van der Waals surface area contributed by atoms with Crippen LogP contribution in [-0.2, 0) is 9.73 Å². The van der Waals surface area contributed by atoms with E-state index in [1.807, 2.05) is 36.6 Å². The monoisotopic (exact) mass is 440 g/mol. The van der Waals surface area contributed by atoms with E-state index in [1.54, 1.807) is 24.5 Å². The summed E-state index contributed by atoms with van der Waals surface area (Å²) >= 11 is 6.93. The minimum atomic E-state index is -0.722. The number of benzene rings is 1. The molecule has 1 aliphatic carbocycles. The standard InChI is InChI=1S/C22H21ClN4O4/c1-13-7-5-6-10-22(13,23)27-12-24-18(14(27)2)20-25-19(26-31-20)16-9-8-15(21(28)30-4)11-17(16)29-3/h5-9,11-12H,10H2,1-4H3. The molecule has 0 fully saturated rings. The zero-order chi connectivity index (χ0) is 22.2. The summed E-state index contributed by atoms with van der Waals surface area (Å²) in [6.07, 6.45) is 8.33. The van der Waals surface area contributed by atoms with Gasteiger partial charge in [-0.25, -0.2) is 9.78 Å². The highest BCUT2D eigenvalue weighted by Gasteiger charge is 2.34. The Labute approximate surface area is 184 Å². The molecular formula is C22H21ClN4O4. The van der Waals surface area contributed by atoms with E-state index in [0.29, 0.717) is 34.8 Å². The van der Waals surface area contributed by atoms with E-state index in [-0.39, 0.29) is 5.89 Å². The summed E-state index contributed by atoms with van der Waals surface area (Å²) in [5.41, 5.74) is 3.31. The molecular weight excluding hydrogens is 420 g/mol. The molecule has 1 atom stereocenters. The van der Waals surface area contributed by atoms with Crippen molar-refractivity contribution in [2.45, 2.75) is 25.3 Å². The second-order valence-corrected chi connectivity index (χ2v) is 7.74. The number of allylic oxidation sites excluding steroid dienone is 4. The summed E-state index contributed by atoms with van der Waals surface area (Å²) in [5, 5.41) is 4.07. The first-order chi connectivity index (χ1) is 14.9. The Morgan fingerprint density at radius 1 is 1.29 bits per heavy atom. The number of alkyl halides is 1. The third-order valence-electron chi connectivity index (χ3n) is 5.36. The molecule has 1 aliphatic rings. The first-order valence-corrected chi connectivity index (χ1v) is 9.95. The van der Waals surface area contributed by atoms with E-state index in [1.165, 1.54) is 14.2 Å². The van der Waals surface area contributed by atoms with Crippen LogP contribution in [-0.4, -0.2) is 39.9 Å². The maximum Gasteiger partial charge on any atom is 0.337 e. The van der Waals surface area contributed by atoms with Gasteiger partial charge in [0.25, 0.3) is 5.89 Å². The van der Waals surface area contributed by atoms with Gasteiger partial charge in [-0.05, 0) is 37.6 Å². The van der Waals surface area contributed by atoms with Gasteiger partial charge in [-0.2, -0.15) is 4.98 Å². The molecule has 0 saturated carbocycles. The van der Waals surface area contributed by atoms with Gasteiger partial charge in [-0.1, -0.05) is 35.0 Å². The SMILES string of the molecule is COC(=O)c1ccc(-c2noc(-c3ncn(C4(Cl)CC=CC=C4C)c3C)n2)c(OC)c1. The number of nitrogens with zero attached hydrogens (tertiary/aromatic N) is 4. The van der Waals surface area contributed by atoms with Crippen LogP contribution in [0.1, 0.15) is 29.4 Å². The lowest BCUT2D eigenvalue weighted by Gasteiger charge is -2.31. The number of imidazole rings is 1. The van der Waals surface area contributed by atoms with Crippen LogP contribution >= 0.6 is 11.6 Å². The fourth-order valence-electron chi connectivity index (χ4n) is 3.54. The fourth-order valence-corrected chi connectivity index (χ4v) is 3.86. The van der Waals surface area contributed by atoms with Crippen molar-refractivity contribution in [1.29, 1.82) is 0 Å². The molecule has 0 bridgehead atoms. The number of hydrogen-bond donors (Lipinski definition) is 0. The average molecular weight is 441 g/mol. The van der Waals surface area contributed by atoms with E-state index in [9.17, 15) is 4.79 Å². The summed E-state index contributed by atoms with van der Waals surface area (Å²) in [5.74, 6) is 0.539. The minimum absolute atomic E-state index is 0.263. The Morgan fingerprint density at radius 3 is 2.81 bits per heavy atom. The van der Waals surface area contributed by atoms with Gasteiger partial charge in [0.1, 0.15) is 16.4 Å². The highest BCUT2D eigenvalue weighted by molar-refractivity contribution is 6.24. The van der Waals surface area contributed by atoms with Crippen LogP contribution in [0.15, 0.2) is 52.9 Å². The molecule has 1 unspecified atom stereocenters. The Morgan fingerprint density at radius 2 is 2.10 bits per heavy atom. The molecule has 2 aromatic heterocycles. The van der Waals surface area contributed by atoms with Gasteiger partial charge < -0.3 is 18.6 Å². The Balaban J connectivity index is 1.69. The summed E-state index contributed by atoms with van der Waals surface area (Å²) < 4.78 is 17.6. The first-order valence-electron chi connectivity index (χ1n) is 9.57. The van der Waals surface area contributed by atoms with Gasteiger partial charge in [-0.3, -0.25) is 0 Å². The molecule has 9 heteroatoms. The van der Waals surface area contributed by atoms with Crippen molar-refractivity contribution >= 4 is 17.6 Å². The number of ether oxygens (including phenoxy) is 2. The number of rotatable bonds is 5. The number of hydrogen-bond acceptors (Lipinski definition) is 7. The van der Waals surface area contributed by atoms with Crippen molar-refractivity contribution in [3.05, 3.63) is 59.6 Å². The van der Waals surface area contributed by atoms with Gasteiger partial charge in [0.05, 0.1) is 31.7 Å². The van der Waals surface area contributed by atoms with Crippen molar-refractivity contribution in [2.24, 2.45) is 0 Å². The van der Waals surface area contributed by atoms with Crippen LogP contribution in [0.4, 0.5) is 0 Å². The molecule has 160 valence electrons. The van der Waals surface area contributed by atoms with E-state index in [4.69, 9.17) is 25.6 Å². The molecule has 0 saturated heterocycles. The maximum atomic E-state index is 11.8. The van der Waals surface area contributed by atoms with E-state index in [2.05, 4.69) is 15.1 Å². The van der Waals surface area contributed by atoms with Crippen LogP contribution in [0.5, 0.6) is 5.75 Å². The van der Waals surface area contributed by atoms with Gasteiger partial charge >= 0.3 is 5.97 Å². The third kappa shape index (κ3) is 3.53. The van der Waals surface area contributed by atoms with Crippen molar-refractivity contribution in [3.63, 3.8) is 0 Å². The number of esters is 1. The number of halogens is 1. The van der Waals surface area contributed by atoms with E-state index in [0.717, 1.165) is 11.3 Å². The molecule has 2 heterocycles. The first kappa shape index (κ1) is 20.9. The molecule has 3 aromatic rings. The van der Waals surface area contributed by atoms with Gasteiger partial charge in [-0.15, -0.1) is 0 Å². The molecule has 0 spiro atoms. The largest absolute Gasteiger partial charge is 0.496 e. The zero-order valence-corrected chi connectivity index (χ0v) is 18.3. The molecule has 0 radical (unpaired) electrons. The number of aromatic nitrogens is 4. The number of carbonyl (C=O) groups excluding carboxylic acids is 1. The average Bonchev–Trinajstić information content (AvgIpc) is 3.41. The minimum Gasteiger partial charge on any atom is -0.496 e. The van der Waals surface area contributed by atoms with Crippen molar-refractivity contribution in [3.8, 4) is 28.7 Å².